The first-order chi connectivity index (χ1) is 12.4. The molecule has 5 nitrogen and oxygen atoms in total. The molecule has 2 N–H and O–H groups in total. The van der Waals surface area contributed by atoms with Gasteiger partial charge in [0.25, 0.3) is 0 Å². The van der Waals surface area contributed by atoms with Crippen molar-refractivity contribution in [2.24, 2.45) is 0 Å². The lowest BCUT2D eigenvalue weighted by atomic mass is 10.1. The van der Waals surface area contributed by atoms with Gasteiger partial charge in [0.1, 0.15) is 12.2 Å². The molecular weight excluding hydrogens is 345 g/mol. The molecule has 3 aromatic rings. The van der Waals surface area contributed by atoms with Gasteiger partial charge >= 0.3 is 12.2 Å². The molecule has 0 aliphatic carbocycles. The molecule has 0 saturated heterocycles. The summed E-state index contributed by atoms with van der Waals surface area (Å²) in [5.74, 6) is 0. The highest BCUT2D eigenvalue weighted by molar-refractivity contribution is 5.90. The van der Waals surface area contributed by atoms with E-state index in [2.05, 4.69) is 17.2 Å². The van der Waals surface area contributed by atoms with E-state index in [9.17, 15) is 18.0 Å². The van der Waals surface area contributed by atoms with Crippen LogP contribution in [-0.4, -0.2) is 28.1 Å². The van der Waals surface area contributed by atoms with Crippen LogP contribution < -0.4 is 10.6 Å². The lowest BCUT2D eigenvalue weighted by Gasteiger charge is -2.10. The van der Waals surface area contributed by atoms with Crippen LogP contribution in [0.4, 0.5) is 23.7 Å². The maximum Gasteiger partial charge on any atom is 0.405 e. The number of carbonyl (C=O) groups excluding carboxylic acids is 1. The Bertz CT molecular complexity index is 934. The number of hydrogen-bond donors (Lipinski definition) is 2. The van der Waals surface area contributed by atoms with Gasteiger partial charge in [-0.2, -0.15) is 13.2 Å². The molecule has 3 rings (SSSR count). The molecule has 0 aliphatic rings. The van der Waals surface area contributed by atoms with Crippen LogP contribution in [0.15, 0.2) is 48.8 Å². The molecule has 2 amide bonds. The number of hydrogen-bond acceptors (Lipinski definition) is 2. The lowest BCUT2D eigenvalue weighted by Crippen LogP contribution is -2.36. The predicted octanol–water partition coefficient (Wildman–Crippen LogP) is 4.25. The van der Waals surface area contributed by atoms with Crippen molar-refractivity contribution in [3.63, 3.8) is 0 Å². The summed E-state index contributed by atoms with van der Waals surface area (Å²) in [5.41, 5.74) is 3.98. The Labute approximate surface area is 147 Å². The van der Waals surface area contributed by atoms with E-state index >= 15 is 0 Å². The molecule has 8 heteroatoms. The van der Waals surface area contributed by atoms with Crippen molar-refractivity contribution in [3.05, 3.63) is 54.4 Å². The number of aromatic nitrogens is 2. The highest BCUT2D eigenvalue weighted by atomic mass is 19.4. The van der Waals surface area contributed by atoms with Crippen molar-refractivity contribution >= 4 is 17.4 Å². The minimum atomic E-state index is -4.45. The SMILES string of the molecule is CCc1ccn2c(-c3cccc(NC(=O)NCC(F)(F)F)c3)cnc2c1. The van der Waals surface area contributed by atoms with Gasteiger partial charge in [0.05, 0.1) is 11.9 Å². The molecule has 0 fully saturated rings. The van der Waals surface area contributed by atoms with E-state index in [4.69, 9.17) is 0 Å². The van der Waals surface area contributed by atoms with Crippen LogP contribution in [0.5, 0.6) is 0 Å². The molecule has 0 saturated carbocycles. The summed E-state index contributed by atoms with van der Waals surface area (Å²) in [6.45, 7) is 0.681. The Kier molecular flexibility index (Phi) is 4.83. The number of halogens is 3. The molecule has 136 valence electrons. The summed E-state index contributed by atoms with van der Waals surface area (Å²) in [7, 11) is 0. The highest BCUT2D eigenvalue weighted by Gasteiger charge is 2.27. The average molecular weight is 362 g/mol. The quantitative estimate of drug-likeness (QED) is 0.729. The van der Waals surface area contributed by atoms with Gasteiger partial charge in [-0.3, -0.25) is 4.40 Å². The van der Waals surface area contributed by atoms with Crippen molar-refractivity contribution in [1.29, 1.82) is 0 Å². The van der Waals surface area contributed by atoms with Gasteiger partial charge in [0, 0.05) is 17.4 Å². The fourth-order valence-corrected chi connectivity index (χ4v) is 2.57. The summed E-state index contributed by atoms with van der Waals surface area (Å²) >= 11 is 0. The number of urea groups is 1. The lowest BCUT2D eigenvalue weighted by molar-refractivity contribution is -0.122. The van der Waals surface area contributed by atoms with E-state index < -0.39 is 18.8 Å². The number of nitrogens with zero attached hydrogens (tertiary/aromatic N) is 2. The molecule has 0 bridgehead atoms. The monoisotopic (exact) mass is 362 g/mol. The number of alkyl halides is 3. The minimum Gasteiger partial charge on any atom is -0.329 e. The summed E-state index contributed by atoms with van der Waals surface area (Å²) in [6.07, 6.45) is 0.0996. The number of fused-ring (bicyclic) bond motifs is 1. The third-order valence-electron chi connectivity index (χ3n) is 3.85. The van der Waals surface area contributed by atoms with Gasteiger partial charge in [0.15, 0.2) is 0 Å². The molecule has 0 radical (unpaired) electrons. The molecule has 0 atom stereocenters. The van der Waals surface area contributed by atoms with Crippen LogP contribution in [0.3, 0.4) is 0 Å². The zero-order chi connectivity index (χ0) is 18.7. The van der Waals surface area contributed by atoms with Crippen molar-refractivity contribution in [3.8, 4) is 11.3 Å². The standard InChI is InChI=1S/C18H17F3N4O/c1-2-12-6-7-25-15(10-22-16(25)8-12)13-4-3-5-14(9-13)24-17(26)23-11-18(19,20)21/h3-10H,2,11H2,1H3,(H2,23,24,26). The van der Waals surface area contributed by atoms with E-state index in [1.54, 1.807) is 29.7 Å². The van der Waals surface area contributed by atoms with Crippen molar-refractivity contribution < 1.29 is 18.0 Å². The van der Waals surface area contributed by atoms with E-state index in [0.717, 1.165) is 23.3 Å². The smallest absolute Gasteiger partial charge is 0.329 e. The normalized spacial score (nSPS) is 11.5. The number of benzene rings is 1. The van der Waals surface area contributed by atoms with Crippen LogP contribution in [-0.2, 0) is 6.42 Å². The van der Waals surface area contributed by atoms with E-state index in [-0.39, 0.29) is 0 Å². The Balaban J connectivity index is 1.80. The van der Waals surface area contributed by atoms with Crippen molar-refractivity contribution in [1.82, 2.24) is 14.7 Å². The first-order valence-corrected chi connectivity index (χ1v) is 8.04. The van der Waals surface area contributed by atoms with E-state index in [1.165, 1.54) is 5.56 Å². The second-order valence-corrected chi connectivity index (χ2v) is 5.76. The fourth-order valence-electron chi connectivity index (χ4n) is 2.57. The zero-order valence-corrected chi connectivity index (χ0v) is 14.0. The first-order valence-electron chi connectivity index (χ1n) is 8.04. The molecule has 0 unspecified atom stereocenters. The maximum absolute atomic E-state index is 12.2. The number of pyridine rings is 1. The summed E-state index contributed by atoms with van der Waals surface area (Å²) in [5, 5.41) is 4.18. The maximum atomic E-state index is 12.2. The van der Waals surface area contributed by atoms with Crippen LogP contribution in [0.25, 0.3) is 16.9 Å². The van der Waals surface area contributed by atoms with Gasteiger partial charge in [-0.25, -0.2) is 9.78 Å². The van der Waals surface area contributed by atoms with Crippen LogP contribution in [0, 0.1) is 0 Å². The summed E-state index contributed by atoms with van der Waals surface area (Å²) in [4.78, 5) is 16.0. The van der Waals surface area contributed by atoms with E-state index in [1.807, 2.05) is 28.8 Å². The van der Waals surface area contributed by atoms with Gasteiger partial charge in [-0.15, -0.1) is 0 Å². The fraction of sp³-hybridized carbons (Fsp3) is 0.222. The predicted molar refractivity (Wildman–Crippen MR) is 93.1 cm³/mol. The Morgan fingerprint density at radius 3 is 2.77 bits per heavy atom. The number of rotatable bonds is 4. The second kappa shape index (κ2) is 7.07. The number of aryl methyl sites for hydroxylation is 1. The average Bonchev–Trinajstić information content (AvgIpc) is 3.02. The second-order valence-electron chi connectivity index (χ2n) is 5.76. The topological polar surface area (TPSA) is 58.4 Å². The molecule has 1 aromatic carbocycles. The van der Waals surface area contributed by atoms with Gasteiger partial charge in [-0.05, 0) is 36.2 Å². The summed E-state index contributed by atoms with van der Waals surface area (Å²) < 4.78 is 38.4. The number of nitrogens with one attached hydrogen (secondary N) is 2. The number of amides is 2. The number of anilines is 1. The van der Waals surface area contributed by atoms with Crippen molar-refractivity contribution in [2.45, 2.75) is 19.5 Å². The Morgan fingerprint density at radius 1 is 1.23 bits per heavy atom. The highest BCUT2D eigenvalue weighted by Crippen LogP contribution is 2.24. The summed E-state index contributed by atoms with van der Waals surface area (Å²) in [6, 6.07) is 9.94. The Morgan fingerprint density at radius 2 is 2.04 bits per heavy atom. The van der Waals surface area contributed by atoms with E-state index in [0.29, 0.717) is 5.69 Å². The largest absolute Gasteiger partial charge is 0.405 e. The minimum absolute atomic E-state index is 0.391. The van der Waals surface area contributed by atoms with Crippen LogP contribution >= 0.6 is 0 Å². The first kappa shape index (κ1) is 17.8. The third-order valence-corrected chi connectivity index (χ3v) is 3.85. The molecular formula is C18H17F3N4O. The number of imidazole rings is 1. The Hall–Kier alpha value is -3.03. The number of carbonyl (C=O) groups is 1. The van der Waals surface area contributed by atoms with Gasteiger partial charge < -0.3 is 10.6 Å². The molecule has 2 aromatic heterocycles. The molecule has 0 aliphatic heterocycles. The molecule has 2 heterocycles. The molecule has 0 spiro atoms. The van der Waals surface area contributed by atoms with Crippen molar-refractivity contribution in [2.75, 3.05) is 11.9 Å². The van der Waals surface area contributed by atoms with Gasteiger partial charge in [-0.1, -0.05) is 19.1 Å². The third kappa shape index (κ3) is 4.14. The van der Waals surface area contributed by atoms with Crippen LogP contribution in [0.1, 0.15) is 12.5 Å². The van der Waals surface area contributed by atoms with Crippen LogP contribution in [0.2, 0.25) is 0 Å². The molecule has 26 heavy (non-hydrogen) atoms. The zero-order valence-electron chi connectivity index (χ0n) is 14.0. The van der Waals surface area contributed by atoms with Gasteiger partial charge in [0.2, 0.25) is 0 Å².